The lowest BCUT2D eigenvalue weighted by molar-refractivity contribution is -0.147. The van der Waals surface area contributed by atoms with Gasteiger partial charge in [0.25, 0.3) is 0 Å². The number of carboxylic acid groups (broad SMARTS) is 1. The van der Waals surface area contributed by atoms with E-state index in [0.717, 1.165) is 5.75 Å². The van der Waals surface area contributed by atoms with Crippen molar-refractivity contribution in [2.75, 3.05) is 38.7 Å². The molecule has 2 heterocycles. The molecule has 0 aliphatic carbocycles. The highest BCUT2D eigenvalue weighted by atomic mass is 32.2. The Hall–Kier alpha value is -1.44. The maximum absolute atomic E-state index is 12.4. The number of urea groups is 1. The summed E-state index contributed by atoms with van der Waals surface area (Å²) in [4.78, 5) is 39.0. The molecule has 124 valence electrons. The molecule has 8 heteroatoms. The predicted octanol–water partition coefficient (Wildman–Crippen LogP) is 0.457. The second-order valence-electron chi connectivity index (χ2n) is 6.12. The number of likely N-dealkylation sites (tertiary alicyclic amines) is 1. The first-order chi connectivity index (χ1) is 10.4. The summed E-state index contributed by atoms with van der Waals surface area (Å²) in [5.74, 6) is -0.185. The lowest BCUT2D eigenvalue weighted by atomic mass is 9.92. The molecule has 2 fully saturated rings. The normalized spacial score (nSPS) is 25.8. The van der Waals surface area contributed by atoms with Gasteiger partial charge >= 0.3 is 12.0 Å². The van der Waals surface area contributed by atoms with E-state index in [9.17, 15) is 19.5 Å². The minimum absolute atomic E-state index is 0.0481. The third kappa shape index (κ3) is 3.48. The van der Waals surface area contributed by atoms with Gasteiger partial charge in [-0.05, 0) is 25.0 Å². The highest BCUT2D eigenvalue weighted by molar-refractivity contribution is 7.99. The van der Waals surface area contributed by atoms with Gasteiger partial charge in [0.15, 0.2) is 0 Å². The van der Waals surface area contributed by atoms with Gasteiger partial charge in [-0.1, -0.05) is 0 Å². The van der Waals surface area contributed by atoms with E-state index >= 15 is 0 Å². The van der Waals surface area contributed by atoms with E-state index in [2.05, 4.69) is 5.32 Å². The van der Waals surface area contributed by atoms with E-state index < -0.39 is 11.5 Å². The van der Waals surface area contributed by atoms with Crippen LogP contribution in [0.4, 0.5) is 4.79 Å². The zero-order valence-corrected chi connectivity index (χ0v) is 13.8. The van der Waals surface area contributed by atoms with Crippen LogP contribution in [0.3, 0.4) is 0 Å². The van der Waals surface area contributed by atoms with Gasteiger partial charge in [0, 0.05) is 38.9 Å². The van der Waals surface area contributed by atoms with E-state index in [-0.39, 0.29) is 17.9 Å². The molecule has 2 aliphatic rings. The molecule has 3 amide bonds. The molecule has 0 radical (unpaired) electrons. The van der Waals surface area contributed by atoms with Gasteiger partial charge in [0.05, 0.1) is 0 Å². The molecule has 0 aromatic heterocycles. The molecule has 0 saturated carbocycles. The SMILES string of the molecule is CN(C)C(=O)N1CCC(C(=O)NC2(C(=O)O)CCSC2)CC1. The Morgan fingerprint density at radius 3 is 2.36 bits per heavy atom. The minimum atomic E-state index is -1.11. The maximum Gasteiger partial charge on any atom is 0.330 e. The fourth-order valence-corrected chi connectivity index (χ4v) is 4.16. The van der Waals surface area contributed by atoms with Crippen LogP contribution in [0.5, 0.6) is 0 Å². The number of thioether (sulfide) groups is 1. The number of nitrogens with one attached hydrogen (secondary N) is 1. The first-order valence-electron chi connectivity index (χ1n) is 7.45. The Morgan fingerprint density at radius 1 is 1.27 bits per heavy atom. The highest BCUT2D eigenvalue weighted by Gasteiger charge is 2.44. The lowest BCUT2D eigenvalue weighted by Crippen LogP contribution is -2.57. The van der Waals surface area contributed by atoms with Crippen molar-refractivity contribution in [2.45, 2.75) is 24.8 Å². The number of rotatable bonds is 3. The van der Waals surface area contributed by atoms with Crippen LogP contribution in [-0.2, 0) is 9.59 Å². The second kappa shape index (κ2) is 6.76. The number of amides is 3. The van der Waals surface area contributed by atoms with Crippen LogP contribution in [0.15, 0.2) is 0 Å². The Labute approximate surface area is 134 Å². The summed E-state index contributed by atoms with van der Waals surface area (Å²) in [5.41, 5.74) is -1.11. The van der Waals surface area contributed by atoms with E-state index in [1.807, 2.05) is 0 Å². The van der Waals surface area contributed by atoms with Crippen LogP contribution in [0, 0.1) is 5.92 Å². The average molecular weight is 329 g/mol. The van der Waals surface area contributed by atoms with Crippen molar-refractivity contribution in [3.8, 4) is 0 Å². The maximum atomic E-state index is 12.4. The predicted molar refractivity (Wildman–Crippen MR) is 83.8 cm³/mol. The Morgan fingerprint density at radius 2 is 1.91 bits per heavy atom. The fourth-order valence-electron chi connectivity index (χ4n) is 2.84. The molecule has 7 nitrogen and oxygen atoms in total. The number of carbonyl (C=O) groups excluding carboxylic acids is 2. The van der Waals surface area contributed by atoms with Crippen molar-refractivity contribution < 1.29 is 19.5 Å². The summed E-state index contributed by atoms with van der Waals surface area (Å²) < 4.78 is 0. The summed E-state index contributed by atoms with van der Waals surface area (Å²) in [6.45, 7) is 1.06. The first kappa shape index (κ1) is 16.9. The van der Waals surface area contributed by atoms with Crippen LogP contribution in [-0.4, -0.2) is 77.0 Å². The average Bonchev–Trinajstić information content (AvgIpc) is 2.96. The quantitative estimate of drug-likeness (QED) is 0.785. The van der Waals surface area contributed by atoms with Gasteiger partial charge in [-0.3, -0.25) is 4.79 Å². The van der Waals surface area contributed by atoms with Crippen molar-refractivity contribution in [1.29, 1.82) is 0 Å². The largest absolute Gasteiger partial charge is 0.479 e. The van der Waals surface area contributed by atoms with Crippen molar-refractivity contribution >= 4 is 29.7 Å². The summed E-state index contributed by atoms with van der Waals surface area (Å²) in [7, 11) is 3.41. The third-order valence-corrected chi connectivity index (χ3v) is 5.50. The summed E-state index contributed by atoms with van der Waals surface area (Å²) in [5, 5.41) is 12.2. The molecule has 0 bridgehead atoms. The second-order valence-corrected chi connectivity index (χ2v) is 7.22. The molecule has 22 heavy (non-hydrogen) atoms. The third-order valence-electron chi connectivity index (χ3n) is 4.31. The summed E-state index contributed by atoms with van der Waals surface area (Å²) in [6.07, 6.45) is 1.62. The smallest absolute Gasteiger partial charge is 0.330 e. The molecule has 0 spiro atoms. The summed E-state index contributed by atoms with van der Waals surface area (Å²) >= 11 is 1.55. The monoisotopic (exact) mass is 329 g/mol. The zero-order chi connectivity index (χ0) is 16.3. The van der Waals surface area contributed by atoms with Crippen LogP contribution in [0.2, 0.25) is 0 Å². The van der Waals surface area contributed by atoms with Crippen molar-refractivity contribution in [3.05, 3.63) is 0 Å². The minimum Gasteiger partial charge on any atom is -0.479 e. The van der Waals surface area contributed by atoms with Crippen LogP contribution >= 0.6 is 11.8 Å². The van der Waals surface area contributed by atoms with E-state index in [1.54, 1.807) is 30.8 Å². The molecule has 2 rings (SSSR count). The number of aliphatic carboxylic acids is 1. The van der Waals surface area contributed by atoms with Gasteiger partial charge < -0.3 is 20.2 Å². The van der Waals surface area contributed by atoms with Crippen LogP contribution in [0.1, 0.15) is 19.3 Å². The Kier molecular flexibility index (Phi) is 5.20. The van der Waals surface area contributed by atoms with Gasteiger partial charge in [-0.15, -0.1) is 0 Å². The molecule has 2 saturated heterocycles. The van der Waals surface area contributed by atoms with Crippen molar-refractivity contribution in [2.24, 2.45) is 5.92 Å². The first-order valence-corrected chi connectivity index (χ1v) is 8.60. The molecule has 0 aromatic carbocycles. The Balaban J connectivity index is 1.90. The number of carboxylic acids is 1. The van der Waals surface area contributed by atoms with E-state index in [1.165, 1.54) is 4.90 Å². The Bertz CT molecular complexity index is 455. The number of hydrogen-bond donors (Lipinski definition) is 2. The van der Waals surface area contributed by atoms with Crippen molar-refractivity contribution in [3.63, 3.8) is 0 Å². The highest BCUT2D eigenvalue weighted by Crippen LogP contribution is 2.29. The zero-order valence-electron chi connectivity index (χ0n) is 13.0. The number of piperidine rings is 1. The van der Waals surface area contributed by atoms with E-state index in [0.29, 0.717) is 38.1 Å². The van der Waals surface area contributed by atoms with Gasteiger partial charge in [-0.2, -0.15) is 11.8 Å². The molecular weight excluding hydrogens is 306 g/mol. The topological polar surface area (TPSA) is 90.0 Å². The number of hydrogen-bond acceptors (Lipinski definition) is 4. The van der Waals surface area contributed by atoms with E-state index in [4.69, 9.17) is 0 Å². The molecular formula is C14H23N3O4S. The molecule has 2 N–H and O–H groups in total. The summed E-state index contributed by atoms with van der Waals surface area (Å²) in [6, 6.07) is -0.0481. The van der Waals surface area contributed by atoms with Gasteiger partial charge in [0.2, 0.25) is 5.91 Å². The standard InChI is InChI=1S/C14H23N3O4S/c1-16(2)13(21)17-6-3-10(4-7-17)11(18)15-14(12(19)20)5-8-22-9-14/h10H,3-9H2,1-2H3,(H,15,18)(H,19,20). The van der Waals surface area contributed by atoms with Crippen molar-refractivity contribution in [1.82, 2.24) is 15.1 Å². The fraction of sp³-hybridized carbons (Fsp3) is 0.786. The molecule has 1 unspecified atom stereocenters. The van der Waals surface area contributed by atoms with Crippen LogP contribution < -0.4 is 5.32 Å². The molecule has 0 aromatic rings. The molecule has 2 aliphatic heterocycles. The molecule has 1 atom stereocenters. The lowest BCUT2D eigenvalue weighted by Gasteiger charge is -2.34. The number of carbonyl (C=O) groups is 3. The van der Waals surface area contributed by atoms with Gasteiger partial charge in [0.1, 0.15) is 5.54 Å². The van der Waals surface area contributed by atoms with Gasteiger partial charge in [-0.25, -0.2) is 9.59 Å². The number of nitrogens with zero attached hydrogens (tertiary/aromatic N) is 2. The van der Waals surface area contributed by atoms with Crippen LogP contribution in [0.25, 0.3) is 0 Å².